The van der Waals surface area contributed by atoms with Crippen molar-refractivity contribution in [1.82, 2.24) is 20.0 Å². The van der Waals surface area contributed by atoms with Crippen LogP contribution in [0, 0.1) is 6.92 Å². The van der Waals surface area contributed by atoms with Gasteiger partial charge >= 0.3 is 0 Å². The number of likely N-dealkylation sites (N-methyl/N-ethyl adjacent to an activating group) is 1. The van der Waals surface area contributed by atoms with Crippen molar-refractivity contribution in [3.8, 4) is 22.7 Å². The Morgan fingerprint density at radius 3 is 2.68 bits per heavy atom. The zero-order valence-electron chi connectivity index (χ0n) is 18.6. The van der Waals surface area contributed by atoms with E-state index in [1.54, 1.807) is 11.8 Å². The summed E-state index contributed by atoms with van der Waals surface area (Å²) >= 11 is 0. The number of rotatable bonds is 8. The summed E-state index contributed by atoms with van der Waals surface area (Å²) in [6.07, 6.45) is 4.31. The molecule has 1 amide bonds. The Kier molecular flexibility index (Phi) is 6.09. The van der Waals surface area contributed by atoms with Crippen LogP contribution in [0.5, 0.6) is 5.75 Å². The molecule has 0 aliphatic heterocycles. The molecule has 2 aromatic carbocycles. The second-order valence-corrected chi connectivity index (χ2v) is 8.36. The molecule has 6 heteroatoms. The normalized spacial score (nSPS) is 14.5. The van der Waals surface area contributed by atoms with Crippen molar-refractivity contribution in [2.45, 2.75) is 38.8 Å². The third-order valence-electron chi connectivity index (χ3n) is 5.98. The number of nitrogens with one attached hydrogen (secondary N) is 1. The van der Waals surface area contributed by atoms with Gasteiger partial charge in [0, 0.05) is 30.4 Å². The first-order chi connectivity index (χ1) is 15.0. The molecular weight excluding hydrogens is 388 g/mol. The molecule has 162 valence electrons. The van der Waals surface area contributed by atoms with Gasteiger partial charge in [-0.25, -0.2) is 4.68 Å². The SMILES string of the molecule is COc1cccc(-c2nn(-c3ccc(C)cc3)cc2C(=O)NCC(C)N(C)C2CC2)c1. The van der Waals surface area contributed by atoms with Gasteiger partial charge in [-0.3, -0.25) is 9.69 Å². The molecule has 31 heavy (non-hydrogen) atoms. The lowest BCUT2D eigenvalue weighted by atomic mass is 10.1. The van der Waals surface area contributed by atoms with Crippen LogP contribution in [0.4, 0.5) is 0 Å². The lowest BCUT2D eigenvalue weighted by molar-refractivity contribution is 0.0940. The van der Waals surface area contributed by atoms with Gasteiger partial charge in [-0.05, 0) is 58.0 Å². The predicted octanol–water partition coefficient (Wildman–Crippen LogP) is 4.07. The molecule has 4 rings (SSSR count). The molecule has 6 nitrogen and oxygen atoms in total. The van der Waals surface area contributed by atoms with Gasteiger partial charge in [-0.1, -0.05) is 29.8 Å². The second kappa shape index (κ2) is 8.94. The predicted molar refractivity (Wildman–Crippen MR) is 123 cm³/mol. The first kappa shape index (κ1) is 21.1. The summed E-state index contributed by atoms with van der Waals surface area (Å²) in [5.74, 6) is 0.612. The number of aromatic nitrogens is 2. The molecule has 1 N–H and O–H groups in total. The van der Waals surface area contributed by atoms with Crippen LogP contribution < -0.4 is 10.1 Å². The molecule has 1 aliphatic rings. The average molecular weight is 419 g/mol. The number of hydrogen-bond acceptors (Lipinski definition) is 4. The number of carbonyl (C=O) groups excluding carboxylic acids is 1. The lowest BCUT2D eigenvalue weighted by Crippen LogP contribution is -2.41. The van der Waals surface area contributed by atoms with Crippen LogP contribution in [-0.2, 0) is 0 Å². The summed E-state index contributed by atoms with van der Waals surface area (Å²) in [5.41, 5.74) is 4.13. The maximum absolute atomic E-state index is 13.2. The van der Waals surface area contributed by atoms with E-state index in [1.165, 1.54) is 18.4 Å². The zero-order chi connectivity index (χ0) is 22.0. The molecule has 3 aromatic rings. The smallest absolute Gasteiger partial charge is 0.255 e. The number of aryl methyl sites for hydroxylation is 1. The van der Waals surface area contributed by atoms with Crippen molar-refractivity contribution in [2.24, 2.45) is 0 Å². The first-order valence-electron chi connectivity index (χ1n) is 10.8. The maximum Gasteiger partial charge on any atom is 0.255 e. The highest BCUT2D eigenvalue weighted by molar-refractivity contribution is 6.00. The molecule has 1 heterocycles. The molecule has 0 bridgehead atoms. The van der Waals surface area contributed by atoms with Crippen molar-refractivity contribution >= 4 is 5.91 Å². The largest absolute Gasteiger partial charge is 0.497 e. The topological polar surface area (TPSA) is 59.4 Å². The van der Waals surface area contributed by atoms with Gasteiger partial charge in [0.05, 0.1) is 18.4 Å². The monoisotopic (exact) mass is 418 g/mol. The minimum Gasteiger partial charge on any atom is -0.497 e. The fourth-order valence-corrected chi connectivity index (χ4v) is 3.67. The minimum absolute atomic E-state index is 0.118. The molecule has 0 spiro atoms. The molecule has 1 aromatic heterocycles. The van der Waals surface area contributed by atoms with E-state index < -0.39 is 0 Å². The van der Waals surface area contributed by atoms with Gasteiger partial charge in [0.2, 0.25) is 0 Å². The summed E-state index contributed by atoms with van der Waals surface area (Å²) in [6, 6.07) is 16.7. The third kappa shape index (κ3) is 4.80. The van der Waals surface area contributed by atoms with Crippen molar-refractivity contribution in [3.05, 3.63) is 65.9 Å². The van der Waals surface area contributed by atoms with Crippen LogP contribution in [0.1, 0.15) is 35.7 Å². The summed E-state index contributed by atoms with van der Waals surface area (Å²) in [6.45, 7) is 4.80. The molecule has 1 fully saturated rings. The van der Waals surface area contributed by atoms with Gasteiger partial charge in [-0.15, -0.1) is 0 Å². The highest BCUT2D eigenvalue weighted by Gasteiger charge is 2.29. The molecule has 1 saturated carbocycles. The summed E-state index contributed by atoms with van der Waals surface area (Å²) in [7, 11) is 3.76. The van der Waals surface area contributed by atoms with E-state index in [1.807, 2.05) is 61.7 Å². The van der Waals surface area contributed by atoms with E-state index in [9.17, 15) is 4.79 Å². The summed E-state index contributed by atoms with van der Waals surface area (Å²) in [5, 5.41) is 7.88. The van der Waals surface area contributed by atoms with Crippen molar-refractivity contribution in [3.63, 3.8) is 0 Å². The Labute approximate surface area is 183 Å². The summed E-state index contributed by atoms with van der Waals surface area (Å²) in [4.78, 5) is 15.5. The van der Waals surface area contributed by atoms with E-state index in [2.05, 4.69) is 24.2 Å². The van der Waals surface area contributed by atoms with E-state index in [0.29, 0.717) is 23.8 Å². The Morgan fingerprint density at radius 1 is 1.26 bits per heavy atom. The van der Waals surface area contributed by atoms with Crippen LogP contribution in [0.15, 0.2) is 54.7 Å². The number of ether oxygens (including phenoxy) is 1. The van der Waals surface area contributed by atoms with Gasteiger partial charge in [0.15, 0.2) is 0 Å². The molecular formula is C25H30N4O2. The van der Waals surface area contributed by atoms with E-state index in [4.69, 9.17) is 9.84 Å². The van der Waals surface area contributed by atoms with Crippen LogP contribution >= 0.6 is 0 Å². The van der Waals surface area contributed by atoms with Crippen molar-refractivity contribution in [1.29, 1.82) is 0 Å². The first-order valence-corrected chi connectivity index (χ1v) is 10.8. The molecule has 1 atom stereocenters. The van der Waals surface area contributed by atoms with Crippen LogP contribution in [0.25, 0.3) is 16.9 Å². The quantitative estimate of drug-likeness (QED) is 0.599. The average Bonchev–Trinajstić information content (AvgIpc) is 3.55. The van der Waals surface area contributed by atoms with Crippen LogP contribution in [-0.4, -0.2) is 53.4 Å². The fraction of sp³-hybridized carbons (Fsp3) is 0.360. The van der Waals surface area contributed by atoms with Crippen molar-refractivity contribution < 1.29 is 9.53 Å². The van der Waals surface area contributed by atoms with Gasteiger partial charge in [0.1, 0.15) is 11.4 Å². The highest BCUT2D eigenvalue weighted by Crippen LogP contribution is 2.28. The van der Waals surface area contributed by atoms with E-state index in [0.717, 1.165) is 17.0 Å². The number of nitrogens with zero attached hydrogens (tertiary/aromatic N) is 3. The molecule has 0 radical (unpaired) electrons. The summed E-state index contributed by atoms with van der Waals surface area (Å²) < 4.78 is 7.14. The standard InChI is InChI=1S/C25H30N4O2/c1-17-8-10-21(11-9-17)29-16-23(24(27-29)19-6-5-7-22(14-19)31-4)25(30)26-15-18(2)28(3)20-12-13-20/h5-11,14,16,18,20H,12-13,15H2,1-4H3,(H,26,30). The number of amides is 1. The molecule has 1 aliphatic carbocycles. The lowest BCUT2D eigenvalue weighted by Gasteiger charge is -2.24. The Bertz CT molecular complexity index is 1050. The maximum atomic E-state index is 13.2. The molecule has 0 saturated heterocycles. The van der Waals surface area contributed by atoms with Crippen LogP contribution in [0.2, 0.25) is 0 Å². The third-order valence-corrected chi connectivity index (χ3v) is 5.98. The number of carbonyl (C=O) groups is 1. The van der Waals surface area contributed by atoms with Crippen LogP contribution in [0.3, 0.4) is 0 Å². The number of hydrogen-bond donors (Lipinski definition) is 1. The van der Waals surface area contributed by atoms with Gasteiger partial charge in [-0.2, -0.15) is 5.10 Å². The fourth-order valence-electron chi connectivity index (χ4n) is 3.67. The number of benzene rings is 2. The van der Waals surface area contributed by atoms with E-state index >= 15 is 0 Å². The highest BCUT2D eigenvalue weighted by atomic mass is 16.5. The number of methoxy groups -OCH3 is 1. The molecule has 1 unspecified atom stereocenters. The zero-order valence-corrected chi connectivity index (χ0v) is 18.6. The Hall–Kier alpha value is -3.12. The van der Waals surface area contributed by atoms with Crippen molar-refractivity contribution in [2.75, 3.05) is 20.7 Å². The Morgan fingerprint density at radius 2 is 2.00 bits per heavy atom. The van der Waals surface area contributed by atoms with E-state index in [-0.39, 0.29) is 11.9 Å². The Balaban J connectivity index is 1.63. The van der Waals surface area contributed by atoms with Gasteiger partial charge in [0.25, 0.3) is 5.91 Å². The minimum atomic E-state index is -0.118. The van der Waals surface area contributed by atoms with Gasteiger partial charge < -0.3 is 10.1 Å². The second-order valence-electron chi connectivity index (χ2n) is 8.36.